The number of ether oxygens (including phenoxy) is 1. The van der Waals surface area contributed by atoms with Gasteiger partial charge in [0, 0.05) is 11.6 Å². The van der Waals surface area contributed by atoms with Gasteiger partial charge in [-0.3, -0.25) is 10.1 Å². The molecule has 0 aromatic heterocycles. The van der Waals surface area contributed by atoms with Gasteiger partial charge in [-0.15, -0.1) is 0 Å². The summed E-state index contributed by atoms with van der Waals surface area (Å²) in [6, 6.07) is 11.8. The molecular formula is C15H12N2O3. The third-order valence-electron chi connectivity index (χ3n) is 2.85. The minimum absolute atomic E-state index is 0.0433. The highest BCUT2D eigenvalue weighted by Crippen LogP contribution is 2.29. The van der Waals surface area contributed by atoms with Crippen LogP contribution >= 0.6 is 0 Å². The van der Waals surface area contributed by atoms with Gasteiger partial charge in [0.25, 0.3) is 5.69 Å². The van der Waals surface area contributed by atoms with Crippen molar-refractivity contribution in [1.82, 2.24) is 0 Å². The zero-order valence-electron chi connectivity index (χ0n) is 11.1. The Morgan fingerprint density at radius 2 is 1.95 bits per heavy atom. The molecule has 0 aliphatic rings. The summed E-state index contributed by atoms with van der Waals surface area (Å²) in [5.74, 6) is 0.903. The predicted octanol–water partition coefficient (Wildman–Crippen LogP) is 3.88. The fraction of sp³-hybridized carbons (Fsp3) is 0.133. The molecular weight excluding hydrogens is 256 g/mol. The molecule has 5 nitrogen and oxygen atoms in total. The Hall–Kier alpha value is -2.87. The van der Waals surface area contributed by atoms with Crippen LogP contribution in [0.4, 0.5) is 5.69 Å². The number of nitro benzene ring substituents is 1. The summed E-state index contributed by atoms with van der Waals surface area (Å²) in [4.78, 5) is 10.3. The SMILES string of the molecule is Cc1ccc(Oc2ccc([N+](=O)[O-])c(C)c2)c(C#N)c1. The molecule has 20 heavy (non-hydrogen) atoms. The van der Waals surface area contributed by atoms with Crippen molar-refractivity contribution in [3.8, 4) is 17.6 Å². The van der Waals surface area contributed by atoms with E-state index >= 15 is 0 Å². The minimum atomic E-state index is -0.439. The van der Waals surface area contributed by atoms with E-state index in [-0.39, 0.29) is 5.69 Å². The summed E-state index contributed by atoms with van der Waals surface area (Å²) in [5.41, 5.74) is 1.95. The summed E-state index contributed by atoms with van der Waals surface area (Å²) < 4.78 is 5.63. The molecule has 2 rings (SSSR count). The van der Waals surface area contributed by atoms with E-state index < -0.39 is 4.92 Å². The number of hydrogen-bond donors (Lipinski definition) is 0. The number of benzene rings is 2. The van der Waals surface area contributed by atoms with Gasteiger partial charge >= 0.3 is 0 Å². The highest BCUT2D eigenvalue weighted by Gasteiger charge is 2.12. The van der Waals surface area contributed by atoms with E-state index in [0.717, 1.165) is 5.56 Å². The van der Waals surface area contributed by atoms with Crippen LogP contribution < -0.4 is 4.74 Å². The smallest absolute Gasteiger partial charge is 0.272 e. The number of nitriles is 1. The quantitative estimate of drug-likeness (QED) is 0.625. The van der Waals surface area contributed by atoms with Gasteiger partial charge < -0.3 is 4.74 Å². The average molecular weight is 268 g/mol. The Labute approximate surface area is 116 Å². The van der Waals surface area contributed by atoms with Crippen molar-refractivity contribution in [3.63, 3.8) is 0 Å². The highest BCUT2D eigenvalue weighted by atomic mass is 16.6. The first-order chi connectivity index (χ1) is 9.51. The molecule has 0 aliphatic heterocycles. The molecule has 0 atom stereocenters. The maximum Gasteiger partial charge on any atom is 0.272 e. The Bertz CT molecular complexity index is 718. The summed E-state index contributed by atoms with van der Waals surface area (Å²) in [6.07, 6.45) is 0. The lowest BCUT2D eigenvalue weighted by Gasteiger charge is -2.08. The lowest BCUT2D eigenvalue weighted by molar-refractivity contribution is -0.385. The van der Waals surface area contributed by atoms with Gasteiger partial charge in [-0.25, -0.2) is 0 Å². The number of aryl methyl sites for hydroxylation is 2. The molecule has 0 aliphatic carbocycles. The zero-order chi connectivity index (χ0) is 14.7. The van der Waals surface area contributed by atoms with Gasteiger partial charge in [0.15, 0.2) is 0 Å². The lowest BCUT2D eigenvalue weighted by Crippen LogP contribution is -1.93. The van der Waals surface area contributed by atoms with Crippen LogP contribution in [0.3, 0.4) is 0 Å². The Kier molecular flexibility index (Phi) is 3.67. The summed E-state index contributed by atoms with van der Waals surface area (Å²) >= 11 is 0. The minimum Gasteiger partial charge on any atom is -0.456 e. The van der Waals surface area contributed by atoms with Crippen molar-refractivity contribution in [1.29, 1.82) is 5.26 Å². The third-order valence-corrected chi connectivity index (χ3v) is 2.85. The normalized spacial score (nSPS) is 9.85. The molecule has 0 heterocycles. The molecule has 5 heteroatoms. The lowest BCUT2D eigenvalue weighted by atomic mass is 10.1. The van der Waals surface area contributed by atoms with Crippen LogP contribution in [0.1, 0.15) is 16.7 Å². The van der Waals surface area contributed by atoms with Crippen LogP contribution in [0.2, 0.25) is 0 Å². The second kappa shape index (κ2) is 5.41. The molecule has 0 N–H and O–H groups in total. The van der Waals surface area contributed by atoms with Gasteiger partial charge in [0.2, 0.25) is 0 Å². The molecule has 0 amide bonds. The molecule has 0 saturated carbocycles. The molecule has 0 radical (unpaired) electrons. The van der Waals surface area contributed by atoms with Crippen molar-refractivity contribution < 1.29 is 9.66 Å². The van der Waals surface area contributed by atoms with E-state index in [1.165, 1.54) is 12.1 Å². The largest absolute Gasteiger partial charge is 0.456 e. The molecule has 0 saturated heterocycles. The summed E-state index contributed by atoms with van der Waals surface area (Å²) in [7, 11) is 0. The monoisotopic (exact) mass is 268 g/mol. The van der Waals surface area contributed by atoms with Crippen molar-refractivity contribution in [2.24, 2.45) is 0 Å². The molecule has 0 unspecified atom stereocenters. The predicted molar refractivity (Wildman–Crippen MR) is 73.8 cm³/mol. The standard InChI is InChI=1S/C15H12N2O3/c1-10-3-6-15(12(7-10)9-16)20-13-4-5-14(17(18)19)11(2)8-13/h3-8H,1-2H3. The summed E-state index contributed by atoms with van der Waals surface area (Å²) in [6.45, 7) is 3.53. The first kappa shape index (κ1) is 13.6. The van der Waals surface area contributed by atoms with Gasteiger partial charge in [0.1, 0.15) is 17.6 Å². The van der Waals surface area contributed by atoms with Crippen molar-refractivity contribution in [2.75, 3.05) is 0 Å². The molecule has 0 fully saturated rings. The Morgan fingerprint density at radius 1 is 1.20 bits per heavy atom. The van der Waals surface area contributed by atoms with E-state index in [0.29, 0.717) is 22.6 Å². The number of nitrogens with zero attached hydrogens (tertiary/aromatic N) is 2. The fourth-order valence-corrected chi connectivity index (χ4v) is 1.84. The van der Waals surface area contributed by atoms with E-state index in [9.17, 15) is 10.1 Å². The Balaban J connectivity index is 2.34. The topological polar surface area (TPSA) is 76.2 Å². The first-order valence-electron chi connectivity index (χ1n) is 5.95. The van der Waals surface area contributed by atoms with Crippen molar-refractivity contribution >= 4 is 5.69 Å². The van der Waals surface area contributed by atoms with Crippen LogP contribution in [0.25, 0.3) is 0 Å². The second-order valence-corrected chi connectivity index (χ2v) is 4.42. The van der Waals surface area contributed by atoms with Crippen LogP contribution in [-0.4, -0.2) is 4.92 Å². The van der Waals surface area contributed by atoms with Crippen LogP contribution in [-0.2, 0) is 0 Å². The van der Waals surface area contributed by atoms with E-state index in [2.05, 4.69) is 6.07 Å². The van der Waals surface area contributed by atoms with Gasteiger partial charge in [0.05, 0.1) is 10.5 Å². The van der Waals surface area contributed by atoms with E-state index in [4.69, 9.17) is 10.00 Å². The number of hydrogen-bond acceptors (Lipinski definition) is 4. The maximum atomic E-state index is 10.8. The van der Waals surface area contributed by atoms with Gasteiger partial charge in [-0.1, -0.05) is 6.07 Å². The van der Waals surface area contributed by atoms with E-state index in [1.807, 2.05) is 13.0 Å². The molecule has 2 aromatic rings. The number of rotatable bonds is 3. The van der Waals surface area contributed by atoms with Crippen LogP contribution in [0.5, 0.6) is 11.5 Å². The highest BCUT2D eigenvalue weighted by molar-refractivity contribution is 5.49. The van der Waals surface area contributed by atoms with Crippen LogP contribution in [0.15, 0.2) is 36.4 Å². The zero-order valence-corrected chi connectivity index (χ0v) is 11.1. The molecule has 0 spiro atoms. The Morgan fingerprint density at radius 3 is 2.55 bits per heavy atom. The second-order valence-electron chi connectivity index (χ2n) is 4.42. The third kappa shape index (κ3) is 2.75. The molecule has 100 valence electrons. The maximum absolute atomic E-state index is 10.8. The number of nitro groups is 1. The van der Waals surface area contributed by atoms with E-state index in [1.54, 1.807) is 25.1 Å². The fourth-order valence-electron chi connectivity index (χ4n) is 1.84. The van der Waals surface area contributed by atoms with Gasteiger partial charge in [-0.05, 0) is 43.7 Å². The van der Waals surface area contributed by atoms with Crippen molar-refractivity contribution in [3.05, 3.63) is 63.2 Å². The molecule has 0 bridgehead atoms. The first-order valence-corrected chi connectivity index (χ1v) is 5.95. The molecule has 2 aromatic carbocycles. The van der Waals surface area contributed by atoms with Crippen LogP contribution in [0, 0.1) is 35.3 Å². The summed E-state index contributed by atoms with van der Waals surface area (Å²) in [5, 5.41) is 19.8. The van der Waals surface area contributed by atoms with Gasteiger partial charge in [-0.2, -0.15) is 5.26 Å². The average Bonchev–Trinajstić information content (AvgIpc) is 2.40. The van der Waals surface area contributed by atoms with Crippen molar-refractivity contribution in [2.45, 2.75) is 13.8 Å².